The number of ether oxygens (including phenoxy) is 1. The number of halogens is 1. The fourth-order valence-corrected chi connectivity index (χ4v) is 1.67. The van der Waals surface area contributed by atoms with Crippen LogP contribution in [0.1, 0.15) is 32.1 Å². The van der Waals surface area contributed by atoms with E-state index in [1.807, 2.05) is 0 Å². The van der Waals surface area contributed by atoms with Crippen LogP contribution >= 0.6 is 15.9 Å². The third kappa shape index (κ3) is 6.75. The number of alkyl halides is 1. The van der Waals surface area contributed by atoms with Crippen molar-refractivity contribution >= 4 is 28.2 Å². The molecule has 0 saturated heterocycles. The number of Topliss-reactive ketones (excluding diaryl/α,β-unsaturated/α-hetero) is 1. The molecule has 1 unspecified atom stereocenters. The molecule has 1 fully saturated rings. The van der Waals surface area contributed by atoms with E-state index in [9.17, 15) is 4.79 Å². The van der Waals surface area contributed by atoms with Crippen molar-refractivity contribution in [3.63, 3.8) is 0 Å². The minimum atomic E-state index is 0.167. The summed E-state index contributed by atoms with van der Waals surface area (Å²) in [4.78, 5) is 20.1. The SMILES string of the molecule is COC=O.O=C1CCCCCC1Br. The lowest BCUT2D eigenvalue weighted by atomic mass is 10.2. The van der Waals surface area contributed by atoms with Gasteiger partial charge >= 0.3 is 0 Å². The van der Waals surface area contributed by atoms with Crippen molar-refractivity contribution in [2.24, 2.45) is 0 Å². The molecule has 13 heavy (non-hydrogen) atoms. The van der Waals surface area contributed by atoms with Gasteiger partial charge in [-0.1, -0.05) is 28.8 Å². The van der Waals surface area contributed by atoms with E-state index in [1.54, 1.807) is 0 Å². The molecule has 0 spiro atoms. The van der Waals surface area contributed by atoms with Crippen LogP contribution in [0.2, 0.25) is 0 Å². The maximum Gasteiger partial charge on any atom is 0.292 e. The zero-order valence-electron chi connectivity index (χ0n) is 7.79. The quantitative estimate of drug-likeness (QED) is 0.407. The van der Waals surface area contributed by atoms with Gasteiger partial charge in [0.1, 0.15) is 5.78 Å². The Morgan fingerprint density at radius 3 is 2.62 bits per heavy atom. The molecular weight excluding hydrogens is 236 g/mol. The van der Waals surface area contributed by atoms with Crippen LogP contribution in [0.15, 0.2) is 0 Å². The third-order valence-electron chi connectivity index (χ3n) is 1.83. The van der Waals surface area contributed by atoms with E-state index in [0.717, 1.165) is 19.3 Å². The Balaban J connectivity index is 0.000000310. The van der Waals surface area contributed by atoms with Gasteiger partial charge in [0, 0.05) is 6.42 Å². The molecular formula is C9H15BrO3. The molecule has 0 N–H and O–H groups in total. The molecule has 3 nitrogen and oxygen atoms in total. The van der Waals surface area contributed by atoms with E-state index >= 15 is 0 Å². The standard InChI is InChI=1S/C7H11BrO.C2H4O2/c8-6-4-2-1-3-5-7(6)9;1-4-2-3/h6H,1-5H2;2H,1H3. The van der Waals surface area contributed by atoms with Gasteiger partial charge in [0.25, 0.3) is 6.47 Å². The van der Waals surface area contributed by atoms with Crippen molar-refractivity contribution in [1.82, 2.24) is 0 Å². The minimum Gasteiger partial charge on any atom is -0.471 e. The van der Waals surface area contributed by atoms with Crippen LogP contribution in [0.3, 0.4) is 0 Å². The summed E-state index contributed by atoms with van der Waals surface area (Å²) in [6, 6.07) is 0. The maximum absolute atomic E-state index is 11.0. The predicted molar refractivity (Wildman–Crippen MR) is 53.9 cm³/mol. The highest BCUT2D eigenvalue weighted by Crippen LogP contribution is 2.19. The van der Waals surface area contributed by atoms with E-state index in [2.05, 4.69) is 20.7 Å². The summed E-state index contributed by atoms with van der Waals surface area (Å²) in [6.07, 6.45) is 5.37. The first-order valence-corrected chi connectivity index (χ1v) is 5.27. The van der Waals surface area contributed by atoms with Gasteiger partial charge in [-0.05, 0) is 12.8 Å². The molecule has 1 aliphatic rings. The fourth-order valence-electron chi connectivity index (χ4n) is 1.12. The van der Waals surface area contributed by atoms with Gasteiger partial charge in [0.05, 0.1) is 11.9 Å². The van der Waals surface area contributed by atoms with Crippen molar-refractivity contribution in [1.29, 1.82) is 0 Å². The normalized spacial score (nSPS) is 22.3. The Morgan fingerprint density at radius 2 is 2.08 bits per heavy atom. The van der Waals surface area contributed by atoms with Crippen molar-refractivity contribution in [2.75, 3.05) is 7.11 Å². The lowest BCUT2D eigenvalue weighted by Gasteiger charge is -2.00. The summed E-state index contributed by atoms with van der Waals surface area (Å²) in [5.74, 6) is 0.396. The van der Waals surface area contributed by atoms with Gasteiger partial charge in [-0.2, -0.15) is 0 Å². The Kier molecular flexibility index (Phi) is 7.99. The highest BCUT2D eigenvalue weighted by atomic mass is 79.9. The van der Waals surface area contributed by atoms with E-state index in [4.69, 9.17) is 4.79 Å². The third-order valence-corrected chi connectivity index (χ3v) is 2.79. The number of rotatable bonds is 1. The topological polar surface area (TPSA) is 43.4 Å². The van der Waals surface area contributed by atoms with Crippen LogP contribution < -0.4 is 0 Å². The number of ketones is 1. The van der Waals surface area contributed by atoms with Crippen molar-refractivity contribution in [3.8, 4) is 0 Å². The van der Waals surface area contributed by atoms with Crippen LogP contribution in [0.5, 0.6) is 0 Å². The summed E-state index contributed by atoms with van der Waals surface area (Å²) in [5.41, 5.74) is 0. The lowest BCUT2D eigenvalue weighted by Crippen LogP contribution is -2.10. The van der Waals surface area contributed by atoms with Crippen molar-refractivity contribution in [2.45, 2.75) is 36.9 Å². The summed E-state index contributed by atoms with van der Waals surface area (Å²) < 4.78 is 3.86. The molecule has 0 radical (unpaired) electrons. The highest BCUT2D eigenvalue weighted by molar-refractivity contribution is 9.10. The van der Waals surface area contributed by atoms with Crippen molar-refractivity contribution < 1.29 is 14.3 Å². The van der Waals surface area contributed by atoms with E-state index < -0.39 is 0 Å². The number of hydrogen-bond acceptors (Lipinski definition) is 3. The Morgan fingerprint density at radius 1 is 1.46 bits per heavy atom. The first kappa shape index (κ1) is 12.6. The monoisotopic (exact) mass is 250 g/mol. The second-order valence-electron chi connectivity index (χ2n) is 2.87. The second kappa shape index (κ2) is 8.23. The van der Waals surface area contributed by atoms with Gasteiger partial charge < -0.3 is 4.74 Å². The summed E-state index contributed by atoms with van der Waals surface area (Å²) in [7, 11) is 1.31. The Hall–Kier alpha value is -0.380. The van der Waals surface area contributed by atoms with Crippen LogP contribution in [0.25, 0.3) is 0 Å². The van der Waals surface area contributed by atoms with Crippen LogP contribution in [0.4, 0.5) is 0 Å². The molecule has 76 valence electrons. The Labute approximate surface area is 87.0 Å². The zero-order chi connectivity index (χ0) is 10.1. The molecule has 0 aromatic heterocycles. The smallest absolute Gasteiger partial charge is 0.292 e. The average Bonchev–Trinajstić information content (AvgIpc) is 2.33. The van der Waals surface area contributed by atoms with E-state index in [0.29, 0.717) is 12.3 Å². The molecule has 0 aromatic rings. The van der Waals surface area contributed by atoms with E-state index in [-0.39, 0.29) is 4.83 Å². The number of hydrogen-bond donors (Lipinski definition) is 0. The van der Waals surface area contributed by atoms with Gasteiger partial charge in [-0.15, -0.1) is 0 Å². The molecule has 4 heteroatoms. The van der Waals surface area contributed by atoms with Crippen LogP contribution in [0, 0.1) is 0 Å². The van der Waals surface area contributed by atoms with Crippen LogP contribution in [-0.4, -0.2) is 24.2 Å². The molecule has 1 aliphatic carbocycles. The summed E-state index contributed by atoms with van der Waals surface area (Å²) in [5, 5.41) is 0. The molecule has 0 heterocycles. The predicted octanol–water partition coefficient (Wildman–Crippen LogP) is 2.07. The molecule has 1 rings (SSSR count). The Bertz CT molecular complexity index is 159. The van der Waals surface area contributed by atoms with Gasteiger partial charge in [-0.25, -0.2) is 0 Å². The maximum atomic E-state index is 11.0. The molecule has 0 bridgehead atoms. The first-order valence-electron chi connectivity index (χ1n) is 4.35. The second-order valence-corrected chi connectivity index (χ2v) is 3.97. The molecule has 0 amide bonds. The molecule has 1 saturated carbocycles. The van der Waals surface area contributed by atoms with Gasteiger partial charge in [0.15, 0.2) is 0 Å². The molecule has 1 atom stereocenters. The average molecular weight is 251 g/mol. The first-order chi connectivity index (χ1) is 6.22. The van der Waals surface area contributed by atoms with E-state index in [1.165, 1.54) is 20.0 Å². The fraction of sp³-hybridized carbons (Fsp3) is 0.778. The van der Waals surface area contributed by atoms with Gasteiger partial charge in [-0.3, -0.25) is 9.59 Å². The summed E-state index contributed by atoms with van der Waals surface area (Å²) in [6.45, 7) is 0.375. The number of carbonyl (C=O) groups excluding carboxylic acids is 2. The number of methoxy groups -OCH3 is 1. The lowest BCUT2D eigenvalue weighted by molar-refractivity contribution is -0.126. The molecule has 0 aromatic carbocycles. The van der Waals surface area contributed by atoms with Crippen LogP contribution in [-0.2, 0) is 14.3 Å². The minimum absolute atomic E-state index is 0.167. The number of carbonyl (C=O) groups is 2. The highest BCUT2D eigenvalue weighted by Gasteiger charge is 2.16. The zero-order valence-corrected chi connectivity index (χ0v) is 9.38. The molecule has 0 aliphatic heterocycles. The summed E-state index contributed by atoms with van der Waals surface area (Å²) >= 11 is 3.35. The van der Waals surface area contributed by atoms with Gasteiger partial charge in [0.2, 0.25) is 0 Å². The largest absolute Gasteiger partial charge is 0.471 e. The van der Waals surface area contributed by atoms with Crippen molar-refractivity contribution in [3.05, 3.63) is 0 Å².